The normalized spacial score (nSPS) is 10.8. The van der Waals surface area contributed by atoms with E-state index in [2.05, 4.69) is 66.7 Å². The van der Waals surface area contributed by atoms with Gasteiger partial charge >= 0.3 is 0 Å². The van der Waals surface area contributed by atoms with E-state index < -0.39 is 0 Å². The minimum absolute atomic E-state index is 0.248. The average molecular weight is 584 g/mol. The molecule has 0 atom stereocenters. The Morgan fingerprint density at radius 3 is 1.95 bits per heavy atom. The minimum atomic E-state index is -0.248. The number of para-hydroxylation sites is 2. The van der Waals surface area contributed by atoms with Crippen molar-refractivity contribution in [2.75, 3.05) is 16.7 Å². The lowest BCUT2D eigenvalue weighted by Gasteiger charge is -2.25. The molecule has 202 valence electrons. The van der Waals surface area contributed by atoms with Gasteiger partial charge in [0.2, 0.25) is 0 Å². The molecule has 0 aromatic heterocycles. The van der Waals surface area contributed by atoms with Crippen molar-refractivity contribution in [2.45, 2.75) is 32.5 Å². The molecule has 0 N–H and O–H groups in total. The number of rotatable bonds is 13. The zero-order chi connectivity index (χ0) is 27.4. The zero-order valence-electron chi connectivity index (χ0n) is 22.0. The van der Waals surface area contributed by atoms with Crippen LogP contribution in [0.15, 0.2) is 153 Å². The average Bonchev–Trinajstić information content (AvgIpc) is 3.00. The summed E-state index contributed by atoms with van der Waals surface area (Å²) in [6.45, 7) is 1.13. The second-order valence-corrected chi connectivity index (χ2v) is 12.3. The van der Waals surface area contributed by atoms with Crippen LogP contribution in [0.4, 0.5) is 10.1 Å². The Bertz CT molecular complexity index is 1470. The van der Waals surface area contributed by atoms with Gasteiger partial charge in [-0.15, -0.1) is 11.8 Å². The van der Waals surface area contributed by atoms with Crippen LogP contribution in [0.1, 0.15) is 12.0 Å². The first kappa shape index (κ1) is 28.2. The Morgan fingerprint density at radius 1 is 0.600 bits per heavy atom. The molecule has 0 radical (unpaired) electrons. The Labute approximate surface area is 249 Å². The monoisotopic (exact) mass is 583 g/mol. The lowest BCUT2D eigenvalue weighted by Crippen LogP contribution is -2.16. The Balaban J connectivity index is 1.26. The van der Waals surface area contributed by atoms with Gasteiger partial charge in [0.25, 0.3) is 0 Å². The van der Waals surface area contributed by atoms with Crippen molar-refractivity contribution < 1.29 is 9.13 Å². The maximum Gasteiger partial charge on any atom is 0.147 e. The zero-order valence-corrected chi connectivity index (χ0v) is 24.4. The molecule has 0 saturated heterocycles. The maximum atomic E-state index is 15.0. The lowest BCUT2D eigenvalue weighted by atomic mass is 10.2. The van der Waals surface area contributed by atoms with E-state index >= 15 is 0 Å². The molecule has 5 aromatic carbocycles. The van der Waals surface area contributed by atoms with E-state index in [1.807, 2.05) is 70.7 Å². The first-order valence-corrected chi connectivity index (χ1v) is 15.7. The van der Waals surface area contributed by atoms with Gasteiger partial charge in [-0.05, 0) is 85.1 Å². The van der Waals surface area contributed by atoms with E-state index in [4.69, 9.17) is 4.74 Å². The number of hydrogen-bond acceptors (Lipinski definition) is 5. The van der Waals surface area contributed by atoms with Crippen molar-refractivity contribution in [1.29, 1.82) is 0 Å². The highest BCUT2D eigenvalue weighted by atomic mass is 32.2. The van der Waals surface area contributed by atoms with Crippen molar-refractivity contribution >= 4 is 41.2 Å². The number of nitrogens with zero attached hydrogens (tertiary/aromatic N) is 1. The standard InChI is InChI=1S/C34H30FNOS3/c35-32-17-8-9-18-33(32)36(40-31-22-20-30(21-23-31)39-29-15-5-2-6-16-29)26-27-12-7-10-19-34(27)37-24-11-25-38-28-13-3-1-4-14-28/h1-10,12-23H,11,24-26H2. The van der Waals surface area contributed by atoms with Crippen LogP contribution in [0.2, 0.25) is 0 Å². The predicted molar refractivity (Wildman–Crippen MR) is 169 cm³/mol. The van der Waals surface area contributed by atoms with Crippen molar-refractivity contribution in [1.82, 2.24) is 0 Å². The number of anilines is 1. The molecule has 5 rings (SSSR count). The Kier molecular flexibility index (Phi) is 10.5. The maximum absolute atomic E-state index is 15.0. The number of ether oxygens (including phenoxy) is 1. The molecule has 0 aliphatic rings. The summed E-state index contributed by atoms with van der Waals surface area (Å²) in [5.74, 6) is 1.58. The molecular weight excluding hydrogens is 554 g/mol. The van der Waals surface area contributed by atoms with Gasteiger partial charge < -0.3 is 9.04 Å². The Morgan fingerprint density at radius 2 is 1.20 bits per heavy atom. The van der Waals surface area contributed by atoms with Crippen molar-refractivity contribution in [3.05, 3.63) is 145 Å². The molecule has 40 heavy (non-hydrogen) atoms. The number of benzene rings is 5. The number of thioether (sulfide) groups is 1. The summed E-state index contributed by atoms with van der Waals surface area (Å²) in [6.07, 6.45) is 0.938. The second-order valence-electron chi connectivity index (χ2n) is 8.94. The van der Waals surface area contributed by atoms with E-state index in [9.17, 15) is 4.39 Å². The van der Waals surface area contributed by atoms with E-state index in [-0.39, 0.29) is 5.82 Å². The predicted octanol–water partition coefficient (Wildman–Crippen LogP) is 10.3. The van der Waals surface area contributed by atoms with Gasteiger partial charge in [0.15, 0.2) is 0 Å². The summed E-state index contributed by atoms with van der Waals surface area (Å²) in [4.78, 5) is 4.67. The smallest absolute Gasteiger partial charge is 0.147 e. The third-order valence-corrected chi connectivity index (χ3v) is 9.13. The topological polar surface area (TPSA) is 12.5 Å². The highest BCUT2D eigenvalue weighted by molar-refractivity contribution is 8.00. The van der Waals surface area contributed by atoms with E-state index in [1.54, 1.807) is 17.8 Å². The molecule has 0 fully saturated rings. The van der Waals surface area contributed by atoms with Crippen molar-refractivity contribution in [3.8, 4) is 5.75 Å². The van der Waals surface area contributed by atoms with Crippen LogP contribution < -0.4 is 9.04 Å². The molecule has 0 spiro atoms. The lowest BCUT2D eigenvalue weighted by molar-refractivity contribution is 0.315. The van der Waals surface area contributed by atoms with Crippen LogP contribution >= 0.6 is 35.5 Å². The fraction of sp³-hybridized carbons (Fsp3) is 0.118. The van der Waals surface area contributed by atoms with Crippen molar-refractivity contribution in [2.24, 2.45) is 0 Å². The quantitative estimate of drug-likeness (QED) is 0.0774. The summed E-state index contributed by atoms with van der Waals surface area (Å²) >= 11 is 5.09. The van der Waals surface area contributed by atoms with Gasteiger partial charge in [-0.1, -0.05) is 78.5 Å². The van der Waals surface area contributed by atoms with Crippen LogP contribution in [0, 0.1) is 5.82 Å². The van der Waals surface area contributed by atoms with Crippen LogP contribution in [-0.2, 0) is 6.54 Å². The molecule has 0 amide bonds. The van der Waals surface area contributed by atoms with Crippen LogP contribution in [-0.4, -0.2) is 12.4 Å². The highest BCUT2D eigenvalue weighted by Crippen LogP contribution is 2.36. The van der Waals surface area contributed by atoms with Crippen LogP contribution in [0.25, 0.3) is 0 Å². The summed E-state index contributed by atoms with van der Waals surface area (Å²) in [7, 11) is 0. The molecule has 0 aliphatic carbocycles. The first-order valence-electron chi connectivity index (χ1n) is 13.2. The Hall–Kier alpha value is -3.32. The summed E-state index contributed by atoms with van der Waals surface area (Å²) in [6, 6.07) is 44.1. The number of hydrogen-bond donors (Lipinski definition) is 0. The van der Waals surface area contributed by atoms with Gasteiger partial charge in [0, 0.05) is 30.9 Å². The van der Waals surface area contributed by atoms with Crippen molar-refractivity contribution in [3.63, 3.8) is 0 Å². The SMILES string of the molecule is Fc1ccccc1N(Cc1ccccc1OCCCSc1ccccc1)Sc1ccc(Sc2ccccc2)cc1. The molecule has 6 heteroatoms. The van der Waals surface area contributed by atoms with Gasteiger partial charge in [0.05, 0.1) is 18.8 Å². The fourth-order valence-corrected chi connectivity index (χ4v) is 6.67. The minimum Gasteiger partial charge on any atom is -0.493 e. The number of halogens is 1. The summed E-state index contributed by atoms with van der Waals surface area (Å²) in [5, 5.41) is 0. The summed E-state index contributed by atoms with van der Waals surface area (Å²) < 4.78 is 23.2. The first-order chi connectivity index (χ1) is 19.7. The highest BCUT2D eigenvalue weighted by Gasteiger charge is 2.16. The molecular formula is C34H30FNOS3. The van der Waals surface area contributed by atoms with Crippen LogP contribution in [0.3, 0.4) is 0 Å². The molecule has 0 unspecified atom stereocenters. The van der Waals surface area contributed by atoms with E-state index in [1.165, 1.54) is 27.8 Å². The molecule has 2 nitrogen and oxygen atoms in total. The van der Waals surface area contributed by atoms with E-state index in [0.29, 0.717) is 18.8 Å². The third kappa shape index (κ3) is 8.34. The van der Waals surface area contributed by atoms with E-state index in [0.717, 1.165) is 33.3 Å². The molecule has 0 aliphatic heterocycles. The van der Waals surface area contributed by atoms with Crippen LogP contribution in [0.5, 0.6) is 5.75 Å². The summed E-state index contributed by atoms with van der Waals surface area (Å²) in [5.41, 5.74) is 1.56. The fourth-order valence-electron chi connectivity index (χ4n) is 4.02. The molecule has 0 heterocycles. The molecule has 0 bridgehead atoms. The second kappa shape index (κ2) is 14.9. The third-order valence-electron chi connectivity index (χ3n) is 5.98. The van der Waals surface area contributed by atoms with Gasteiger partial charge in [-0.25, -0.2) is 4.39 Å². The van der Waals surface area contributed by atoms with Gasteiger partial charge in [0.1, 0.15) is 11.6 Å². The molecule has 0 saturated carbocycles. The van der Waals surface area contributed by atoms with Gasteiger partial charge in [-0.3, -0.25) is 0 Å². The van der Waals surface area contributed by atoms with Gasteiger partial charge in [-0.2, -0.15) is 0 Å². The largest absolute Gasteiger partial charge is 0.493 e. The molecule has 5 aromatic rings.